The van der Waals surface area contributed by atoms with Crippen LogP contribution in [-0.4, -0.2) is 48.0 Å². The molecular formula is C23H28N4O3. The lowest BCUT2D eigenvalue weighted by atomic mass is 10.1. The van der Waals surface area contributed by atoms with Crippen LogP contribution in [0.5, 0.6) is 0 Å². The molecule has 30 heavy (non-hydrogen) atoms. The van der Waals surface area contributed by atoms with Crippen molar-refractivity contribution in [3.8, 4) is 0 Å². The molecule has 4 rings (SSSR count). The van der Waals surface area contributed by atoms with Crippen molar-refractivity contribution in [3.05, 3.63) is 54.5 Å². The van der Waals surface area contributed by atoms with Crippen LogP contribution in [-0.2, 0) is 9.59 Å². The van der Waals surface area contributed by atoms with E-state index >= 15 is 0 Å². The molecule has 7 heteroatoms. The van der Waals surface area contributed by atoms with Crippen molar-refractivity contribution in [2.24, 2.45) is 5.10 Å². The summed E-state index contributed by atoms with van der Waals surface area (Å²) in [4.78, 5) is 27.4. The number of carbonyl (C=O) groups is 2. The van der Waals surface area contributed by atoms with Gasteiger partial charge >= 0.3 is 0 Å². The highest BCUT2D eigenvalue weighted by molar-refractivity contribution is 6.40. The minimum atomic E-state index is -0.448. The fourth-order valence-corrected chi connectivity index (χ4v) is 4.19. The van der Waals surface area contributed by atoms with Gasteiger partial charge in [0.1, 0.15) is 17.5 Å². The van der Waals surface area contributed by atoms with E-state index < -0.39 is 6.04 Å². The van der Waals surface area contributed by atoms with Gasteiger partial charge in [-0.05, 0) is 57.1 Å². The molecule has 1 fully saturated rings. The van der Waals surface area contributed by atoms with Crippen LogP contribution in [0, 0.1) is 0 Å². The maximum Gasteiger partial charge on any atom is 0.267 e. The number of carbonyl (C=O) groups excluding carboxylic acids is 2. The number of hydrogen-bond acceptors (Lipinski definition) is 6. The van der Waals surface area contributed by atoms with Crippen LogP contribution in [0.25, 0.3) is 0 Å². The number of anilines is 1. The van der Waals surface area contributed by atoms with Crippen molar-refractivity contribution in [2.45, 2.75) is 44.7 Å². The molecule has 0 radical (unpaired) electrons. The molecule has 1 saturated heterocycles. The maximum absolute atomic E-state index is 12.9. The first kappa shape index (κ1) is 20.3. The molecule has 2 aromatic rings. The standard InChI is InChI=1S/C23H28N4O3/c1-17(28)20-15-19(25-27(20)18-9-4-2-5-10-18)23(29)24-16-21(22-11-8-14-30-22)26-12-6-3-7-13-26/h2,4-5,8-11,14,20-21H,3,6-7,12-13,15-16H2,1H3,(H,24,29)/t20-,21+/m1/s1. The number of hydrogen-bond donors (Lipinski definition) is 1. The Morgan fingerprint density at radius 2 is 1.90 bits per heavy atom. The summed E-state index contributed by atoms with van der Waals surface area (Å²) in [6.07, 6.45) is 5.54. The van der Waals surface area contributed by atoms with Gasteiger partial charge in [-0.1, -0.05) is 24.6 Å². The number of rotatable bonds is 7. The van der Waals surface area contributed by atoms with Crippen molar-refractivity contribution < 1.29 is 14.0 Å². The van der Waals surface area contributed by atoms with Crippen LogP contribution in [0.2, 0.25) is 0 Å². The predicted octanol–water partition coefficient (Wildman–Crippen LogP) is 3.15. The smallest absolute Gasteiger partial charge is 0.267 e. The molecule has 0 aliphatic carbocycles. The van der Waals surface area contributed by atoms with E-state index in [1.165, 1.54) is 6.42 Å². The molecule has 2 aliphatic heterocycles. The molecule has 1 N–H and O–H groups in total. The Morgan fingerprint density at radius 3 is 2.57 bits per heavy atom. The second-order valence-electron chi connectivity index (χ2n) is 7.90. The van der Waals surface area contributed by atoms with Gasteiger partial charge < -0.3 is 9.73 Å². The molecule has 1 aromatic carbocycles. The largest absolute Gasteiger partial charge is 0.468 e. The average Bonchev–Trinajstić information content (AvgIpc) is 3.46. The van der Waals surface area contributed by atoms with E-state index in [1.54, 1.807) is 18.2 Å². The summed E-state index contributed by atoms with van der Waals surface area (Å²) < 4.78 is 5.65. The monoisotopic (exact) mass is 408 g/mol. The van der Waals surface area contributed by atoms with E-state index in [-0.39, 0.29) is 17.7 Å². The molecule has 158 valence electrons. The van der Waals surface area contributed by atoms with E-state index in [2.05, 4.69) is 15.3 Å². The number of hydrazone groups is 1. The van der Waals surface area contributed by atoms with Gasteiger partial charge in [-0.15, -0.1) is 0 Å². The fraction of sp³-hybridized carbons (Fsp3) is 0.435. The van der Waals surface area contributed by atoms with Crippen LogP contribution in [0.3, 0.4) is 0 Å². The Bertz CT molecular complexity index is 888. The van der Waals surface area contributed by atoms with Gasteiger partial charge in [-0.2, -0.15) is 5.10 Å². The summed E-state index contributed by atoms with van der Waals surface area (Å²) in [5, 5.41) is 9.19. The van der Waals surface area contributed by atoms with Crippen molar-refractivity contribution in [1.82, 2.24) is 10.2 Å². The van der Waals surface area contributed by atoms with Crippen LogP contribution >= 0.6 is 0 Å². The van der Waals surface area contributed by atoms with E-state index in [9.17, 15) is 9.59 Å². The van der Waals surface area contributed by atoms with Gasteiger partial charge in [0, 0.05) is 13.0 Å². The number of amides is 1. The molecule has 0 saturated carbocycles. The third kappa shape index (κ3) is 4.46. The summed E-state index contributed by atoms with van der Waals surface area (Å²) in [5.41, 5.74) is 1.19. The number of ketones is 1. The Hall–Kier alpha value is -2.93. The normalized spacial score (nSPS) is 20.6. The van der Waals surface area contributed by atoms with E-state index in [0.29, 0.717) is 18.7 Å². The summed E-state index contributed by atoms with van der Waals surface area (Å²) in [6, 6.07) is 12.9. The number of para-hydroxylation sites is 1. The number of Topliss-reactive ketones (excluding diaryl/α,β-unsaturated/α-hetero) is 1. The molecule has 7 nitrogen and oxygen atoms in total. The highest BCUT2D eigenvalue weighted by atomic mass is 16.3. The predicted molar refractivity (Wildman–Crippen MR) is 115 cm³/mol. The van der Waals surface area contributed by atoms with Crippen molar-refractivity contribution in [2.75, 3.05) is 24.6 Å². The van der Waals surface area contributed by atoms with Crippen LogP contribution < -0.4 is 10.3 Å². The zero-order valence-corrected chi connectivity index (χ0v) is 17.3. The van der Waals surface area contributed by atoms with Gasteiger partial charge in [-0.3, -0.25) is 19.5 Å². The average molecular weight is 409 g/mol. The SMILES string of the molecule is CC(=O)[C@H]1CC(C(=O)NC[C@@H](c2ccco2)N2CCCCC2)=NN1c1ccccc1. The van der Waals surface area contributed by atoms with Gasteiger partial charge in [0.25, 0.3) is 5.91 Å². The number of benzene rings is 1. The maximum atomic E-state index is 12.9. The molecule has 3 heterocycles. The molecule has 0 bridgehead atoms. The number of nitrogens with one attached hydrogen (secondary N) is 1. The molecule has 2 aliphatic rings. The number of furan rings is 1. The first-order valence-corrected chi connectivity index (χ1v) is 10.6. The first-order chi connectivity index (χ1) is 14.6. The molecule has 1 aromatic heterocycles. The summed E-state index contributed by atoms with van der Waals surface area (Å²) in [7, 11) is 0. The molecular weight excluding hydrogens is 380 g/mol. The number of nitrogens with zero attached hydrogens (tertiary/aromatic N) is 3. The molecule has 2 atom stereocenters. The number of piperidine rings is 1. The topological polar surface area (TPSA) is 78.1 Å². The lowest BCUT2D eigenvalue weighted by molar-refractivity contribution is -0.118. The van der Waals surface area contributed by atoms with Gasteiger partial charge in [0.05, 0.1) is 18.0 Å². The molecule has 0 spiro atoms. The van der Waals surface area contributed by atoms with Gasteiger partial charge in [0.15, 0.2) is 5.78 Å². The first-order valence-electron chi connectivity index (χ1n) is 10.6. The Labute approximate surface area is 176 Å². The fourth-order valence-electron chi connectivity index (χ4n) is 4.19. The zero-order valence-electron chi connectivity index (χ0n) is 17.3. The van der Waals surface area contributed by atoms with Gasteiger partial charge in [0.2, 0.25) is 0 Å². The van der Waals surface area contributed by atoms with E-state index in [0.717, 1.165) is 37.4 Å². The second kappa shape index (κ2) is 9.26. The Morgan fingerprint density at radius 1 is 1.13 bits per heavy atom. The van der Waals surface area contributed by atoms with E-state index in [1.807, 2.05) is 42.5 Å². The molecule has 1 amide bonds. The summed E-state index contributed by atoms with van der Waals surface area (Å²) in [5.74, 6) is 0.624. The minimum Gasteiger partial charge on any atom is -0.468 e. The lowest BCUT2D eigenvalue weighted by Gasteiger charge is -2.33. The van der Waals surface area contributed by atoms with Crippen LogP contribution in [0.4, 0.5) is 5.69 Å². The van der Waals surface area contributed by atoms with Crippen LogP contribution in [0.15, 0.2) is 58.2 Å². The number of likely N-dealkylation sites (tertiary alicyclic amines) is 1. The minimum absolute atomic E-state index is 0.0000773. The van der Waals surface area contributed by atoms with E-state index in [4.69, 9.17) is 4.42 Å². The lowest BCUT2D eigenvalue weighted by Crippen LogP contribution is -2.42. The van der Waals surface area contributed by atoms with Crippen molar-refractivity contribution >= 4 is 23.1 Å². The Kier molecular flexibility index (Phi) is 6.28. The zero-order chi connectivity index (χ0) is 20.9. The van der Waals surface area contributed by atoms with Crippen molar-refractivity contribution in [3.63, 3.8) is 0 Å². The highest BCUT2D eigenvalue weighted by Crippen LogP contribution is 2.26. The third-order valence-corrected chi connectivity index (χ3v) is 5.82. The van der Waals surface area contributed by atoms with Crippen LogP contribution in [0.1, 0.15) is 44.4 Å². The summed E-state index contributed by atoms with van der Waals surface area (Å²) in [6.45, 7) is 3.98. The molecule has 0 unspecified atom stereocenters. The summed E-state index contributed by atoms with van der Waals surface area (Å²) >= 11 is 0. The second-order valence-corrected chi connectivity index (χ2v) is 7.90. The van der Waals surface area contributed by atoms with Gasteiger partial charge in [-0.25, -0.2) is 0 Å². The third-order valence-electron chi connectivity index (χ3n) is 5.82. The quantitative estimate of drug-likeness (QED) is 0.762. The Balaban J connectivity index is 1.46. The van der Waals surface area contributed by atoms with Crippen molar-refractivity contribution in [1.29, 1.82) is 0 Å². The highest BCUT2D eigenvalue weighted by Gasteiger charge is 2.34.